The molecule has 2 aromatic rings. The van der Waals surface area contributed by atoms with E-state index in [1.165, 1.54) is 11.3 Å². The average Bonchev–Trinajstić information content (AvgIpc) is 3.18. The van der Waals surface area contributed by atoms with E-state index in [2.05, 4.69) is 14.9 Å². The lowest BCUT2D eigenvalue weighted by Gasteiger charge is -2.25. The zero-order chi connectivity index (χ0) is 14.1. The van der Waals surface area contributed by atoms with Crippen LogP contribution in [0.2, 0.25) is 0 Å². The van der Waals surface area contributed by atoms with E-state index in [0.29, 0.717) is 6.04 Å². The Bertz CT molecular complexity index is 606. The maximum atomic E-state index is 5.53. The third-order valence-electron chi connectivity index (χ3n) is 4.54. The Kier molecular flexibility index (Phi) is 3.45. The third kappa shape index (κ3) is 2.47. The van der Waals surface area contributed by atoms with Gasteiger partial charge in [-0.15, -0.1) is 0 Å². The fourth-order valence-electron chi connectivity index (χ4n) is 3.37. The van der Waals surface area contributed by atoms with Gasteiger partial charge in [0.05, 0.1) is 24.8 Å². The molecule has 0 radical (unpaired) electrons. The van der Waals surface area contributed by atoms with Crippen LogP contribution in [0.3, 0.4) is 0 Å². The molecule has 0 amide bonds. The van der Waals surface area contributed by atoms with Crippen molar-refractivity contribution in [3.8, 4) is 11.3 Å². The Balaban J connectivity index is 1.62. The molecule has 0 spiro atoms. The third-order valence-corrected chi connectivity index (χ3v) is 4.54. The second-order valence-corrected chi connectivity index (χ2v) is 5.71. The zero-order valence-corrected chi connectivity index (χ0v) is 12.0. The molecule has 4 heterocycles. The van der Waals surface area contributed by atoms with Gasteiger partial charge in [-0.1, -0.05) is 0 Å². The first-order valence-corrected chi connectivity index (χ1v) is 7.59. The summed E-state index contributed by atoms with van der Waals surface area (Å²) in [4.78, 5) is 11.5. The maximum Gasteiger partial charge on any atom is 0.116 e. The number of furan rings is 1. The van der Waals surface area contributed by atoms with Crippen molar-refractivity contribution in [1.29, 1.82) is 0 Å². The Morgan fingerprint density at radius 1 is 1.19 bits per heavy atom. The minimum absolute atomic E-state index is 0.574. The summed E-state index contributed by atoms with van der Waals surface area (Å²) in [6, 6.07) is 2.54. The molecular formula is C16H19N3O2. The van der Waals surface area contributed by atoms with Gasteiger partial charge in [-0.05, 0) is 18.9 Å². The van der Waals surface area contributed by atoms with Crippen LogP contribution in [0.1, 0.15) is 17.7 Å². The van der Waals surface area contributed by atoms with Gasteiger partial charge < -0.3 is 9.15 Å². The van der Waals surface area contributed by atoms with Gasteiger partial charge in [-0.25, -0.2) is 9.97 Å². The van der Waals surface area contributed by atoms with Crippen LogP contribution in [0.5, 0.6) is 0 Å². The van der Waals surface area contributed by atoms with Gasteiger partial charge in [0, 0.05) is 49.0 Å². The molecule has 2 aliphatic heterocycles. The summed E-state index contributed by atoms with van der Waals surface area (Å²) in [5.41, 5.74) is 4.53. The highest BCUT2D eigenvalue weighted by atomic mass is 16.5. The fraction of sp³-hybridized carbons (Fsp3) is 0.500. The summed E-state index contributed by atoms with van der Waals surface area (Å²) in [5.74, 6) is 0. The molecule has 1 fully saturated rings. The van der Waals surface area contributed by atoms with Gasteiger partial charge >= 0.3 is 0 Å². The Hall–Kier alpha value is -1.72. The Morgan fingerprint density at radius 3 is 2.95 bits per heavy atom. The van der Waals surface area contributed by atoms with Crippen LogP contribution in [0.4, 0.5) is 0 Å². The van der Waals surface area contributed by atoms with Crippen molar-refractivity contribution in [3.05, 3.63) is 36.2 Å². The van der Waals surface area contributed by atoms with Crippen molar-refractivity contribution in [3.63, 3.8) is 0 Å². The average molecular weight is 285 g/mol. The first-order valence-electron chi connectivity index (χ1n) is 7.59. The molecule has 0 bridgehead atoms. The topological polar surface area (TPSA) is 51.4 Å². The summed E-state index contributed by atoms with van der Waals surface area (Å²) < 4.78 is 10.7. The van der Waals surface area contributed by atoms with Gasteiger partial charge in [0.2, 0.25) is 0 Å². The number of hydrogen-bond acceptors (Lipinski definition) is 5. The minimum atomic E-state index is 0.574. The first kappa shape index (κ1) is 13.0. The van der Waals surface area contributed by atoms with Gasteiger partial charge in [0.1, 0.15) is 6.33 Å². The van der Waals surface area contributed by atoms with E-state index in [1.807, 2.05) is 6.07 Å². The lowest BCUT2D eigenvalue weighted by atomic mass is 10.0. The van der Waals surface area contributed by atoms with Crippen molar-refractivity contribution >= 4 is 0 Å². The van der Waals surface area contributed by atoms with Crippen molar-refractivity contribution in [1.82, 2.24) is 14.9 Å². The lowest BCUT2D eigenvalue weighted by molar-refractivity contribution is 0.147. The highest BCUT2D eigenvalue weighted by Gasteiger charge is 2.26. The van der Waals surface area contributed by atoms with E-state index in [-0.39, 0.29) is 0 Å². The van der Waals surface area contributed by atoms with Crippen molar-refractivity contribution in [2.75, 3.05) is 26.3 Å². The smallest absolute Gasteiger partial charge is 0.116 e. The lowest BCUT2D eigenvalue weighted by Crippen LogP contribution is -2.37. The van der Waals surface area contributed by atoms with E-state index in [1.54, 1.807) is 18.9 Å². The molecule has 0 aromatic carbocycles. The fourth-order valence-corrected chi connectivity index (χ4v) is 3.37. The van der Waals surface area contributed by atoms with E-state index in [0.717, 1.165) is 56.8 Å². The van der Waals surface area contributed by atoms with Gasteiger partial charge in [0.25, 0.3) is 0 Å². The minimum Gasteiger partial charge on any atom is -0.472 e. The predicted molar refractivity (Wildman–Crippen MR) is 77.9 cm³/mol. The molecule has 0 saturated carbocycles. The molecule has 1 atom stereocenters. The van der Waals surface area contributed by atoms with E-state index in [9.17, 15) is 0 Å². The SMILES string of the molecule is c1nc2c(c(-c3ccoc3)n1)CCN(C1CCOC1)CC2. The standard InChI is InChI=1S/C16H19N3O2/c1-5-19(13-4-8-21-10-13)6-2-15-14(1)16(18-11-17-15)12-3-7-20-9-12/h3,7,9,11,13H,1-2,4-6,8,10H2. The van der Waals surface area contributed by atoms with E-state index >= 15 is 0 Å². The van der Waals surface area contributed by atoms with Crippen LogP contribution in [0, 0.1) is 0 Å². The summed E-state index contributed by atoms with van der Waals surface area (Å²) in [5, 5.41) is 0. The number of rotatable bonds is 2. The van der Waals surface area contributed by atoms with Crippen LogP contribution in [0.15, 0.2) is 29.3 Å². The molecule has 4 rings (SSSR count). The Labute approximate surface area is 124 Å². The number of aromatic nitrogens is 2. The molecule has 21 heavy (non-hydrogen) atoms. The van der Waals surface area contributed by atoms with E-state index in [4.69, 9.17) is 9.15 Å². The molecule has 2 aliphatic rings. The summed E-state index contributed by atoms with van der Waals surface area (Å²) in [6.45, 7) is 3.88. The highest BCUT2D eigenvalue weighted by molar-refractivity contribution is 5.62. The molecule has 0 aliphatic carbocycles. The Morgan fingerprint density at radius 2 is 2.14 bits per heavy atom. The molecule has 0 N–H and O–H groups in total. The molecule has 5 nitrogen and oxygen atoms in total. The number of ether oxygens (including phenoxy) is 1. The number of hydrogen-bond donors (Lipinski definition) is 0. The predicted octanol–water partition coefficient (Wildman–Crippen LogP) is 1.93. The van der Waals surface area contributed by atoms with Crippen LogP contribution < -0.4 is 0 Å². The molecule has 2 aromatic heterocycles. The van der Waals surface area contributed by atoms with Crippen molar-refractivity contribution in [2.24, 2.45) is 0 Å². The van der Waals surface area contributed by atoms with Crippen LogP contribution in [-0.2, 0) is 17.6 Å². The highest BCUT2D eigenvalue weighted by Crippen LogP contribution is 2.27. The number of fused-ring (bicyclic) bond motifs is 1. The van der Waals surface area contributed by atoms with Crippen LogP contribution in [0.25, 0.3) is 11.3 Å². The van der Waals surface area contributed by atoms with Crippen LogP contribution in [-0.4, -0.2) is 47.2 Å². The van der Waals surface area contributed by atoms with Gasteiger partial charge in [-0.2, -0.15) is 0 Å². The largest absolute Gasteiger partial charge is 0.472 e. The van der Waals surface area contributed by atoms with Gasteiger partial charge in [0.15, 0.2) is 0 Å². The first-order chi connectivity index (χ1) is 10.4. The normalized spacial score (nSPS) is 23.0. The van der Waals surface area contributed by atoms with Crippen molar-refractivity contribution < 1.29 is 9.15 Å². The monoisotopic (exact) mass is 285 g/mol. The quantitative estimate of drug-likeness (QED) is 0.844. The van der Waals surface area contributed by atoms with Gasteiger partial charge in [-0.3, -0.25) is 4.90 Å². The summed E-state index contributed by atoms with van der Waals surface area (Å²) in [6.07, 6.45) is 8.26. The summed E-state index contributed by atoms with van der Waals surface area (Å²) in [7, 11) is 0. The molecule has 110 valence electrons. The van der Waals surface area contributed by atoms with Crippen LogP contribution >= 0.6 is 0 Å². The molecule has 1 saturated heterocycles. The molecule has 1 unspecified atom stereocenters. The second-order valence-electron chi connectivity index (χ2n) is 5.71. The molecular weight excluding hydrogens is 266 g/mol. The second kappa shape index (κ2) is 5.58. The van der Waals surface area contributed by atoms with E-state index < -0.39 is 0 Å². The summed E-state index contributed by atoms with van der Waals surface area (Å²) >= 11 is 0. The molecule has 5 heteroatoms. The zero-order valence-electron chi connectivity index (χ0n) is 12.0. The maximum absolute atomic E-state index is 5.53. The van der Waals surface area contributed by atoms with Crippen molar-refractivity contribution in [2.45, 2.75) is 25.3 Å². The number of nitrogens with zero attached hydrogens (tertiary/aromatic N) is 3.